The number of aromatic carboxylic acids is 2. The zero-order valence-electron chi connectivity index (χ0n) is 62.0. The van der Waals surface area contributed by atoms with Crippen LogP contribution in [0, 0.1) is 69.5 Å². The maximum atomic E-state index is 14.0. The Bertz CT molecular complexity index is 6030. The number of rotatable bonds is 20. The number of esters is 2. The molecule has 7 aromatic heterocycles. The lowest BCUT2D eigenvalue weighted by atomic mass is 10.2. The number of aromatic nitrogens is 14. The smallest absolute Gasteiger partial charge is 0.359 e. The molecule has 0 aliphatic carbocycles. The van der Waals surface area contributed by atoms with E-state index in [1.54, 1.807) is 0 Å². The molecule has 0 fully saturated rings. The van der Waals surface area contributed by atoms with Gasteiger partial charge in [0.25, 0.3) is 35.4 Å². The van der Waals surface area contributed by atoms with Crippen LogP contribution in [-0.4, -0.2) is 154 Å². The normalized spacial score (nSPS) is 9.86. The Kier molecular flexibility index (Phi) is 44.2. The van der Waals surface area contributed by atoms with Gasteiger partial charge < -0.3 is 57.7 Å². The summed E-state index contributed by atoms with van der Waals surface area (Å²) < 4.78 is 142. The number of carboxylic acids is 2. The molecule has 129 heavy (non-hydrogen) atoms. The number of carboxylic acid groups (broad SMARTS) is 2. The highest BCUT2D eigenvalue weighted by Crippen LogP contribution is 2.24. The molecule has 36 nitrogen and oxygen atoms in total. The number of methoxy groups -OCH3 is 2. The summed E-state index contributed by atoms with van der Waals surface area (Å²) >= 11 is 28.1. The van der Waals surface area contributed by atoms with Crippen molar-refractivity contribution in [3.63, 3.8) is 0 Å². The number of benzene rings is 5. The van der Waals surface area contributed by atoms with Crippen LogP contribution in [-0.2, 0) is 42.2 Å². The average molecular weight is 1910 g/mol. The second-order valence-corrected chi connectivity index (χ2v) is 25.2. The van der Waals surface area contributed by atoms with Crippen LogP contribution in [0.1, 0.15) is 176 Å². The SMILES string of the molecule is C.C.C.C.C.COC(=O)c1ncnc(C(=O)NCc2ccc(F)c(Cl)c2)c1F.COC(=O)c1ncnc(C(=O)O)c1F.N#Cc1ncnc(C(=O)NCc2ccc(F)c(Cl)c2)c1F.NC(=O)c1ncnc(C(=O)NCc2ccc(F)c(Cl)c2)c1F.Nc1n[nH]c2c(C(=O)NCc3ccc(F)c(Cl)c3)ncnc12.O=C(O)c1ncnc(C(=O)NCc2ccc(F)c(Cl)c2)c1F. The van der Waals surface area contributed by atoms with E-state index in [1.165, 1.54) is 79.1 Å². The lowest BCUT2D eigenvalue weighted by molar-refractivity contribution is 0.0576. The molecule has 0 radical (unpaired) electrons. The third kappa shape index (κ3) is 30.3. The molecule has 680 valence electrons. The Morgan fingerprint density at radius 2 is 0.612 bits per heavy atom. The van der Waals surface area contributed by atoms with E-state index < -0.39 is 174 Å². The molecular weight excluding hydrogens is 1840 g/mol. The first kappa shape index (κ1) is 110. The minimum Gasteiger partial charge on any atom is -0.476 e. The molecule has 12 rings (SSSR count). The molecule has 12 aromatic rings. The molecule has 6 amide bonds. The quantitative estimate of drug-likeness (QED) is 0.0250. The van der Waals surface area contributed by atoms with Crippen molar-refractivity contribution in [3.8, 4) is 6.07 Å². The van der Waals surface area contributed by atoms with Crippen LogP contribution in [0.3, 0.4) is 0 Å². The van der Waals surface area contributed by atoms with Crippen molar-refractivity contribution in [2.75, 3.05) is 20.0 Å². The first-order valence-corrected chi connectivity index (χ1v) is 35.2. The summed E-state index contributed by atoms with van der Waals surface area (Å²) in [6, 6.07) is 21.2. The molecule has 0 saturated heterocycles. The molecule has 0 bridgehead atoms. The average Bonchev–Trinajstić information content (AvgIpc) is 1.60. The Morgan fingerprint density at radius 1 is 0.372 bits per heavy atom. The second kappa shape index (κ2) is 51.9. The number of hydrogen-bond acceptors (Lipinski definition) is 27. The fourth-order valence-electron chi connectivity index (χ4n) is 9.11. The predicted octanol–water partition coefficient (Wildman–Crippen LogP) is 12.7. The molecule has 0 aliphatic heterocycles. The first-order valence-electron chi connectivity index (χ1n) is 33.3. The summed E-state index contributed by atoms with van der Waals surface area (Å²) in [6.45, 7) is 0.0484. The maximum absolute atomic E-state index is 14.0. The number of primary amides is 1. The predicted molar refractivity (Wildman–Crippen MR) is 442 cm³/mol. The summed E-state index contributed by atoms with van der Waals surface area (Å²) in [5.41, 5.74) is 7.37. The molecule has 0 atom stereocenters. The summed E-state index contributed by atoms with van der Waals surface area (Å²) in [5.74, 6) is -19.1. The number of fused-ring (bicyclic) bond motifs is 1. The molecule has 51 heteroatoms. The number of nitrogens with one attached hydrogen (secondary N) is 6. The number of nitrogens with zero attached hydrogens (tertiary/aromatic N) is 14. The second-order valence-electron chi connectivity index (χ2n) is 23.2. The Morgan fingerprint density at radius 3 is 0.899 bits per heavy atom. The van der Waals surface area contributed by atoms with E-state index in [9.17, 15) is 91.8 Å². The molecule has 0 unspecified atom stereocenters. The van der Waals surface area contributed by atoms with E-state index >= 15 is 0 Å². The van der Waals surface area contributed by atoms with Crippen LogP contribution < -0.4 is 38.1 Å². The fraction of sp³-hybridized carbons (Fsp3) is 0.154. The number of nitrogen functional groups attached to an aromatic ring is 1. The topological polar surface area (TPSA) is 549 Å². The number of anilines is 1. The summed E-state index contributed by atoms with van der Waals surface area (Å²) in [7, 11) is 2.09. The van der Waals surface area contributed by atoms with Gasteiger partial charge in [-0.2, -0.15) is 10.4 Å². The maximum Gasteiger partial charge on any atom is 0.359 e. The Hall–Kier alpha value is -15.2. The van der Waals surface area contributed by atoms with Crippen molar-refractivity contribution < 1.29 is 112 Å². The van der Waals surface area contributed by atoms with Crippen LogP contribution in [0.5, 0.6) is 0 Å². The number of nitriles is 1. The number of amides is 6. The van der Waals surface area contributed by atoms with Gasteiger partial charge in [-0.1, -0.05) is 125 Å². The summed E-state index contributed by atoms with van der Waals surface area (Å²) in [5, 5.41) is 44.0. The van der Waals surface area contributed by atoms with Crippen molar-refractivity contribution in [2.45, 2.75) is 69.9 Å². The van der Waals surface area contributed by atoms with E-state index in [0.717, 1.165) is 70.1 Å². The number of H-pyrrole nitrogens is 1. The summed E-state index contributed by atoms with van der Waals surface area (Å²) in [6.07, 6.45) is 5.43. The van der Waals surface area contributed by atoms with Crippen molar-refractivity contribution in [3.05, 3.63) is 303 Å². The number of halogens is 15. The van der Waals surface area contributed by atoms with Gasteiger partial charge >= 0.3 is 23.9 Å². The lowest BCUT2D eigenvalue weighted by Crippen LogP contribution is -2.27. The monoisotopic (exact) mass is 1900 g/mol. The van der Waals surface area contributed by atoms with Gasteiger partial charge in [0.15, 0.2) is 97.5 Å². The molecule has 7 heterocycles. The highest BCUT2D eigenvalue weighted by Gasteiger charge is 2.27. The molecule has 0 spiro atoms. The first-order chi connectivity index (χ1) is 58.9. The standard InChI is InChI=1S/C14H10ClF2N3O3.C13H9ClF2N4O2.C13H7ClF2N4O.C13H8ClF2N3O3.C13H10ClFN6O.C7H5FN2O4.5CH4/c1-23-14(22)12-10(17)11(19-6-20-12)13(21)18-5-7-2-3-9(16)8(15)4-7;14-7-3-6(1-2-8(7)15)4-18-13(22)11-9(16)10(12(17)21)19-5-20-11;14-8-3-7(1-2-9(8)15)5-18-13(21)12-11(16)10(4-17)19-6-20-12;14-7-3-6(1-2-8(7)15)4-17-12(20)10-9(16)11(13(21)22)19-5-18-10;14-7-3-6(1-2-8(7)15)4-17-13(22)11-9-10(18-5-19-11)12(16)21-20-9;1-14-7(13)5-3(8)4(6(11)12)9-2-10-5;;;;;/h2-4,6H,5H2,1H3,(H,18,21);1-3,5H,4H2,(H2,17,21)(H,18,22);1-3,6H,5H2,(H,18,21);1-3,5H,4H2,(H,17,20)(H,21,22);1-3,5H,4H2,(H,17,22)(H3,16,20,21);2H,1H3,(H,11,12);5*1H4. The Balaban J connectivity index is 0.000000523. The number of aromatic amines is 1. The minimum absolute atomic E-state index is 0. The van der Waals surface area contributed by atoms with Gasteiger partial charge in [0.1, 0.15) is 84.2 Å². The Labute approximate surface area is 748 Å². The van der Waals surface area contributed by atoms with Crippen LogP contribution in [0.25, 0.3) is 11.0 Å². The number of nitrogens with two attached hydrogens (primary N) is 2. The van der Waals surface area contributed by atoms with E-state index in [4.69, 9.17) is 84.9 Å². The van der Waals surface area contributed by atoms with E-state index in [2.05, 4.69) is 106 Å². The van der Waals surface area contributed by atoms with Gasteiger partial charge in [-0.05, 0) is 88.5 Å². The van der Waals surface area contributed by atoms with Gasteiger partial charge in [-0.15, -0.1) is 0 Å². The molecule has 12 N–H and O–H groups in total. The van der Waals surface area contributed by atoms with Gasteiger partial charge in [-0.25, -0.2) is 123 Å². The molecule has 0 aliphatic rings. The van der Waals surface area contributed by atoms with Crippen LogP contribution in [0.15, 0.2) is 129 Å². The van der Waals surface area contributed by atoms with E-state index in [1.807, 2.05) is 0 Å². The van der Waals surface area contributed by atoms with Crippen LogP contribution in [0.2, 0.25) is 25.1 Å². The number of ether oxygens (including phenoxy) is 2. The molecular formula is C78H69Cl5F10N22O14. The minimum atomic E-state index is -1.61. The van der Waals surface area contributed by atoms with Crippen LogP contribution >= 0.6 is 58.0 Å². The van der Waals surface area contributed by atoms with Crippen molar-refractivity contribution >= 4 is 134 Å². The highest BCUT2D eigenvalue weighted by atomic mass is 35.5. The highest BCUT2D eigenvalue weighted by molar-refractivity contribution is 6.32. The molecule has 0 saturated carbocycles. The van der Waals surface area contributed by atoms with E-state index in [-0.39, 0.29) is 106 Å². The third-order valence-corrected chi connectivity index (χ3v) is 16.5. The van der Waals surface area contributed by atoms with Gasteiger partial charge in [0.05, 0.1) is 39.3 Å². The molecule has 5 aromatic carbocycles. The van der Waals surface area contributed by atoms with Gasteiger partial charge in [0, 0.05) is 32.7 Å². The lowest BCUT2D eigenvalue weighted by Gasteiger charge is -2.07. The zero-order valence-corrected chi connectivity index (χ0v) is 65.8. The van der Waals surface area contributed by atoms with Gasteiger partial charge in [-0.3, -0.25) is 33.9 Å². The number of carbonyl (C=O) groups is 10. The zero-order chi connectivity index (χ0) is 91.3. The van der Waals surface area contributed by atoms with Crippen LogP contribution in [0.4, 0.5) is 49.7 Å². The van der Waals surface area contributed by atoms with Crippen molar-refractivity contribution in [2.24, 2.45) is 5.73 Å². The summed E-state index contributed by atoms with van der Waals surface area (Å²) in [4.78, 5) is 156. The number of hydrogen-bond donors (Lipinski definition) is 10. The van der Waals surface area contributed by atoms with Crippen molar-refractivity contribution in [1.82, 2.24) is 96.6 Å². The van der Waals surface area contributed by atoms with E-state index in [0.29, 0.717) is 38.9 Å². The van der Waals surface area contributed by atoms with Crippen molar-refractivity contribution in [1.29, 1.82) is 5.26 Å². The largest absolute Gasteiger partial charge is 0.476 e. The third-order valence-electron chi connectivity index (χ3n) is 15.1. The number of carbonyl (C=O) groups excluding carboxylic acids is 8. The van der Waals surface area contributed by atoms with Gasteiger partial charge in [0.2, 0.25) is 0 Å². The fourth-order valence-corrected chi connectivity index (χ4v) is 10.1.